The summed E-state index contributed by atoms with van der Waals surface area (Å²) < 4.78 is 5.69. The van der Waals surface area contributed by atoms with Crippen LogP contribution >= 0.6 is 11.8 Å². The predicted molar refractivity (Wildman–Crippen MR) is 73.3 cm³/mol. The van der Waals surface area contributed by atoms with Gasteiger partial charge in [-0.25, -0.2) is 4.98 Å². The fourth-order valence-corrected chi connectivity index (χ4v) is 2.02. The zero-order valence-electron chi connectivity index (χ0n) is 10.4. The van der Waals surface area contributed by atoms with E-state index in [0.717, 1.165) is 4.90 Å². The number of hydrogen-bond acceptors (Lipinski definition) is 7. The molecule has 0 aromatic carbocycles. The van der Waals surface area contributed by atoms with Crippen molar-refractivity contribution in [1.29, 1.82) is 0 Å². The van der Waals surface area contributed by atoms with Gasteiger partial charge in [0, 0.05) is 22.9 Å². The lowest BCUT2D eigenvalue weighted by molar-refractivity contribution is 0.322. The second-order valence-corrected chi connectivity index (χ2v) is 4.88. The van der Waals surface area contributed by atoms with Gasteiger partial charge in [0.15, 0.2) is 17.3 Å². The van der Waals surface area contributed by atoms with Gasteiger partial charge < -0.3 is 15.6 Å². The summed E-state index contributed by atoms with van der Waals surface area (Å²) in [7, 11) is 0. The maximum Gasteiger partial charge on any atom is 0.170 e. The van der Waals surface area contributed by atoms with Crippen LogP contribution in [0.3, 0.4) is 0 Å². The number of anilines is 1. The van der Waals surface area contributed by atoms with E-state index in [1.165, 1.54) is 11.8 Å². The number of ether oxygens (including phenoxy) is 1. The van der Waals surface area contributed by atoms with Crippen LogP contribution in [0.4, 0.5) is 5.82 Å². The maximum atomic E-state index is 8.81. The van der Waals surface area contributed by atoms with Gasteiger partial charge in [-0.3, -0.25) is 0 Å². The van der Waals surface area contributed by atoms with Crippen molar-refractivity contribution in [2.75, 3.05) is 18.1 Å². The van der Waals surface area contributed by atoms with Crippen LogP contribution in [0.5, 0.6) is 11.5 Å². The Labute approximate surface area is 115 Å². The Morgan fingerprint density at radius 1 is 1.42 bits per heavy atom. The standard InChI is InChI=1S/C12H14N4O2S/c1-8-10(2-3-15-16-8)18-11-6-9(19-5-4-17)7-14-12(11)13/h2-3,6-7,17H,4-5H2,1H3,(H2,13,14). The number of rotatable bonds is 5. The molecule has 2 rings (SSSR count). The van der Waals surface area contributed by atoms with E-state index >= 15 is 0 Å². The van der Waals surface area contributed by atoms with Crippen molar-refractivity contribution in [3.8, 4) is 11.5 Å². The van der Waals surface area contributed by atoms with Crippen LogP contribution in [0.1, 0.15) is 5.69 Å². The van der Waals surface area contributed by atoms with E-state index in [-0.39, 0.29) is 6.61 Å². The molecular formula is C12H14N4O2S. The molecule has 0 saturated carbocycles. The SMILES string of the molecule is Cc1nnccc1Oc1cc(SCCO)cnc1N. The lowest BCUT2D eigenvalue weighted by Gasteiger charge is -2.10. The summed E-state index contributed by atoms with van der Waals surface area (Å²) in [6.07, 6.45) is 3.20. The Hall–Kier alpha value is -1.86. The first-order valence-corrected chi connectivity index (χ1v) is 6.64. The zero-order chi connectivity index (χ0) is 13.7. The Morgan fingerprint density at radius 3 is 3.00 bits per heavy atom. The average Bonchev–Trinajstić information content (AvgIpc) is 2.42. The first-order valence-electron chi connectivity index (χ1n) is 5.66. The van der Waals surface area contributed by atoms with Crippen molar-refractivity contribution in [3.63, 3.8) is 0 Å². The Kier molecular flexibility index (Phi) is 4.53. The van der Waals surface area contributed by atoms with Gasteiger partial charge in [0.1, 0.15) is 5.69 Å². The molecule has 0 unspecified atom stereocenters. The number of pyridine rings is 1. The maximum absolute atomic E-state index is 8.81. The van der Waals surface area contributed by atoms with E-state index in [2.05, 4.69) is 15.2 Å². The molecule has 0 fully saturated rings. The summed E-state index contributed by atoms with van der Waals surface area (Å²) >= 11 is 1.48. The summed E-state index contributed by atoms with van der Waals surface area (Å²) in [6.45, 7) is 1.91. The second-order valence-electron chi connectivity index (χ2n) is 3.71. The Morgan fingerprint density at radius 2 is 2.26 bits per heavy atom. The van der Waals surface area contributed by atoms with Crippen LogP contribution in [0.25, 0.3) is 0 Å². The molecule has 0 aliphatic rings. The number of hydrogen-bond donors (Lipinski definition) is 2. The number of nitrogens with zero attached hydrogens (tertiary/aromatic N) is 3. The van der Waals surface area contributed by atoms with E-state index in [1.54, 1.807) is 31.5 Å². The highest BCUT2D eigenvalue weighted by Crippen LogP contribution is 2.30. The lowest BCUT2D eigenvalue weighted by Crippen LogP contribution is -1.98. The van der Waals surface area contributed by atoms with Crippen molar-refractivity contribution in [3.05, 3.63) is 30.2 Å². The van der Waals surface area contributed by atoms with E-state index < -0.39 is 0 Å². The van der Waals surface area contributed by atoms with E-state index in [1.807, 2.05) is 0 Å². The van der Waals surface area contributed by atoms with Crippen LogP contribution in [0.15, 0.2) is 29.4 Å². The Bertz CT molecular complexity index is 565. The molecule has 2 heterocycles. The van der Waals surface area contributed by atoms with E-state index in [4.69, 9.17) is 15.6 Å². The average molecular weight is 278 g/mol. The number of nitrogen functional groups attached to an aromatic ring is 1. The summed E-state index contributed by atoms with van der Waals surface area (Å²) in [4.78, 5) is 4.96. The van der Waals surface area contributed by atoms with Gasteiger partial charge in [0.2, 0.25) is 0 Å². The molecule has 0 aliphatic heterocycles. The minimum absolute atomic E-state index is 0.110. The van der Waals surface area contributed by atoms with Gasteiger partial charge in [0.25, 0.3) is 0 Å². The molecule has 0 spiro atoms. The molecule has 2 aromatic heterocycles. The van der Waals surface area contributed by atoms with Gasteiger partial charge >= 0.3 is 0 Å². The fourth-order valence-electron chi connectivity index (χ4n) is 1.38. The van der Waals surface area contributed by atoms with Crippen molar-refractivity contribution in [1.82, 2.24) is 15.2 Å². The lowest BCUT2D eigenvalue weighted by atomic mass is 10.3. The number of nitrogens with two attached hydrogens (primary N) is 1. The molecule has 3 N–H and O–H groups in total. The molecule has 7 heteroatoms. The zero-order valence-corrected chi connectivity index (χ0v) is 11.2. The summed E-state index contributed by atoms with van der Waals surface area (Å²) in [5.41, 5.74) is 6.46. The summed E-state index contributed by atoms with van der Waals surface area (Å²) in [6, 6.07) is 3.51. The van der Waals surface area contributed by atoms with Crippen LogP contribution in [-0.4, -0.2) is 32.6 Å². The van der Waals surface area contributed by atoms with Crippen LogP contribution in [0.2, 0.25) is 0 Å². The van der Waals surface area contributed by atoms with Crippen LogP contribution < -0.4 is 10.5 Å². The first-order chi connectivity index (χ1) is 9.20. The van der Waals surface area contributed by atoms with Crippen molar-refractivity contribution in [2.45, 2.75) is 11.8 Å². The largest absolute Gasteiger partial charge is 0.451 e. The normalized spacial score (nSPS) is 10.4. The number of thioether (sulfide) groups is 1. The molecular weight excluding hydrogens is 264 g/mol. The van der Waals surface area contributed by atoms with Crippen molar-refractivity contribution >= 4 is 17.6 Å². The molecule has 0 amide bonds. The van der Waals surface area contributed by atoms with Crippen molar-refractivity contribution in [2.24, 2.45) is 0 Å². The molecule has 0 radical (unpaired) electrons. The molecule has 0 atom stereocenters. The molecule has 6 nitrogen and oxygen atoms in total. The second kappa shape index (κ2) is 6.35. The van der Waals surface area contributed by atoms with Gasteiger partial charge in [-0.2, -0.15) is 10.2 Å². The monoisotopic (exact) mass is 278 g/mol. The fraction of sp³-hybridized carbons (Fsp3) is 0.250. The highest BCUT2D eigenvalue weighted by molar-refractivity contribution is 7.99. The molecule has 100 valence electrons. The van der Waals surface area contributed by atoms with Gasteiger partial charge in [-0.15, -0.1) is 11.8 Å². The third kappa shape index (κ3) is 3.55. The summed E-state index contributed by atoms with van der Waals surface area (Å²) in [5, 5.41) is 16.5. The summed E-state index contributed by atoms with van der Waals surface area (Å²) in [5.74, 6) is 1.97. The van der Waals surface area contributed by atoms with Gasteiger partial charge in [-0.05, 0) is 13.0 Å². The first kappa shape index (κ1) is 13.6. The van der Waals surface area contributed by atoms with E-state index in [9.17, 15) is 0 Å². The van der Waals surface area contributed by atoms with E-state index in [0.29, 0.717) is 28.8 Å². The highest BCUT2D eigenvalue weighted by atomic mass is 32.2. The van der Waals surface area contributed by atoms with Gasteiger partial charge in [-0.1, -0.05) is 0 Å². The number of aromatic nitrogens is 3. The molecule has 0 bridgehead atoms. The third-order valence-corrected chi connectivity index (χ3v) is 3.24. The minimum atomic E-state index is 0.110. The topological polar surface area (TPSA) is 94.2 Å². The Balaban J connectivity index is 2.21. The smallest absolute Gasteiger partial charge is 0.170 e. The van der Waals surface area contributed by atoms with Crippen LogP contribution in [-0.2, 0) is 0 Å². The molecule has 0 aliphatic carbocycles. The van der Waals surface area contributed by atoms with Gasteiger partial charge in [0.05, 0.1) is 12.8 Å². The number of aryl methyl sites for hydroxylation is 1. The third-order valence-electron chi connectivity index (χ3n) is 2.29. The minimum Gasteiger partial charge on any atom is -0.451 e. The number of aliphatic hydroxyl groups excluding tert-OH is 1. The van der Waals surface area contributed by atoms with Crippen molar-refractivity contribution < 1.29 is 9.84 Å². The highest BCUT2D eigenvalue weighted by Gasteiger charge is 2.08. The predicted octanol–water partition coefficient (Wildman–Crippen LogP) is 1.64. The van der Waals surface area contributed by atoms with Crippen LogP contribution in [0, 0.1) is 6.92 Å². The quantitative estimate of drug-likeness (QED) is 0.803. The molecule has 19 heavy (non-hydrogen) atoms. The molecule has 0 saturated heterocycles. The number of aliphatic hydroxyl groups is 1. The molecule has 2 aromatic rings.